The summed E-state index contributed by atoms with van der Waals surface area (Å²) >= 11 is 1.41. The molecule has 1 amide bonds. The highest BCUT2D eigenvalue weighted by atomic mass is 32.1. The van der Waals surface area contributed by atoms with Gasteiger partial charge in [0.15, 0.2) is 10.7 Å². The van der Waals surface area contributed by atoms with Crippen LogP contribution in [0.1, 0.15) is 35.5 Å². The molecule has 1 aliphatic carbocycles. The van der Waals surface area contributed by atoms with Gasteiger partial charge in [-0.3, -0.25) is 9.59 Å². The van der Waals surface area contributed by atoms with E-state index in [4.69, 9.17) is 9.26 Å². The zero-order valence-electron chi connectivity index (χ0n) is 14.2. The molecule has 4 rings (SSSR count). The molecule has 0 saturated heterocycles. The van der Waals surface area contributed by atoms with E-state index in [1.807, 2.05) is 24.3 Å². The Morgan fingerprint density at radius 2 is 2.23 bits per heavy atom. The smallest absolute Gasteiger partial charge is 0.315 e. The van der Waals surface area contributed by atoms with Gasteiger partial charge < -0.3 is 14.6 Å². The number of nitrogens with zero attached hydrogens (tertiary/aromatic N) is 2. The maximum atomic E-state index is 12.4. The molecule has 2 aromatic heterocycles. The van der Waals surface area contributed by atoms with Crippen molar-refractivity contribution in [2.75, 3.05) is 11.9 Å². The molecule has 7 nitrogen and oxygen atoms in total. The predicted octanol–water partition coefficient (Wildman–Crippen LogP) is 3.06. The lowest BCUT2D eigenvalue weighted by Crippen LogP contribution is -2.16. The predicted molar refractivity (Wildman–Crippen MR) is 96.2 cm³/mol. The Hall–Kier alpha value is -2.74. The van der Waals surface area contributed by atoms with Crippen LogP contribution in [0, 0.1) is 0 Å². The minimum absolute atomic E-state index is 0.0998. The van der Waals surface area contributed by atoms with Crippen LogP contribution in [0.5, 0.6) is 0 Å². The fourth-order valence-electron chi connectivity index (χ4n) is 3.13. The van der Waals surface area contributed by atoms with Gasteiger partial charge in [-0.25, -0.2) is 4.98 Å². The highest BCUT2D eigenvalue weighted by Crippen LogP contribution is 2.39. The average molecular weight is 371 g/mol. The lowest BCUT2D eigenvalue weighted by atomic mass is 10.1. The van der Waals surface area contributed by atoms with E-state index in [0.29, 0.717) is 29.4 Å². The zero-order chi connectivity index (χ0) is 18.1. The number of amides is 1. The van der Waals surface area contributed by atoms with Crippen LogP contribution in [0.3, 0.4) is 0 Å². The van der Waals surface area contributed by atoms with Crippen molar-refractivity contribution in [1.29, 1.82) is 0 Å². The van der Waals surface area contributed by atoms with Crippen molar-refractivity contribution in [3.05, 3.63) is 40.5 Å². The summed E-state index contributed by atoms with van der Waals surface area (Å²) in [5, 5.41) is 8.10. The summed E-state index contributed by atoms with van der Waals surface area (Å²) in [6.07, 6.45) is 1.59. The largest absolute Gasteiger partial charge is 0.465 e. The van der Waals surface area contributed by atoms with Crippen LogP contribution in [-0.2, 0) is 27.2 Å². The van der Waals surface area contributed by atoms with Crippen LogP contribution in [0.2, 0.25) is 0 Å². The van der Waals surface area contributed by atoms with Crippen molar-refractivity contribution in [3.8, 4) is 0 Å². The molecule has 1 atom stereocenters. The molecule has 1 aliphatic rings. The van der Waals surface area contributed by atoms with Crippen LogP contribution in [0.25, 0.3) is 11.0 Å². The number of anilines is 1. The Labute approximate surface area is 153 Å². The zero-order valence-corrected chi connectivity index (χ0v) is 15.0. The van der Waals surface area contributed by atoms with E-state index >= 15 is 0 Å². The first-order valence-corrected chi connectivity index (χ1v) is 9.26. The number of rotatable bonds is 5. The fraction of sp³-hybridized carbons (Fsp3) is 0.333. The standard InChI is InChI=1S/C18H17N3O4S/c1-2-24-17(23)11-7-8-14-16(11)20-18(26-14)19-15(22)9-12-10-5-3-4-6-13(10)25-21-12/h3-6,11H,2,7-9H2,1H3,(H,19,20,22). The SMILES string of the molecule is CCOC(=O)C1CCc2sc(NC(=O)Cc3noc4ccccc34)nc21. The van der Waals surface area contributed by atoms with Gasteiger partial charge in [-0.1, -0.05) is 17.3 Å². The van der Waals surface area contributed by atoms with Crippen molar-refractivity contribution < 1.29 is 18.8 Å². The molecular formula is C18H17N3O4S. The molecule has 0 saturated carbocycles. The third-order valence-corrected chi connectivity index (χ3v) is 5.36. The number of ether oxygens (including phenoxy) is 1. The molecule has 0 spiro atoms. The molecule has 0 bridgehead atoms. The maximum absolute atomic E-state index is 12.4. The van der Waals surface area contributed by atoms with Crippen molar-refractivity contribution in [1.82, 2.24) is 10.1 Å². The average Bonchev–Trinajstić information content (AvgIpc) is 3.29. The van der Waals surface area contributed by atoms with Crippen LogP contribution in [0.4, 0.5) is 5.13 Å². The highest BCUT2D eigenvalue weighted by molar-refractivity contribution is 7.16. The number of thiazole rings is 1. The van der Waals surface area contributed by atoms with Crippen LogP contribution in [0.15, 0.2) is 28.8 Å². The summed E-state index contributed by atoms with van der Waals surface area (Å²) in [6.45, 7) is 2.14. The maximum Gasteiger partial charge on any atom is 0.315 e. The minimum Gasteiger partial charge on any atom is -0.465 e. The van der Waals surface area contributed by atoms with Crippen LogP contribution >= 0.6 is 11.3 Å². The summed E-state index contributed by atoms with van der Waals surface area (Å²) in [5.41, 5.74) is 1.98. The summed E-state index contributed by atoms with van der Waals surface area (Å²) in [7, 11) is 0. The number of hydrogen-bond acceptors (Lipinski definition) is 7. The normalized spacial score (nSPS) is 15.8. The third-order valence-electron chi connectivity index (χ3n) is 4.32. The fourth-order valence-corrected chi connectivity index (χ4v) is 4.19. The molecule has 1 unspecified atom stereocenters. The van der Waals surface area contributed by atoms with E-state index in [2.05, 4.69) is 15.5 Å². The summed E-state index contributed by atoms with van der Waals surface area (Å²) in [6, 6.07) is 7.41. The lowest BCUT2D eigenvalue weighted by molar-refractivity contribution is -0.145. The molecule has 8 heteroatoms. The van der Waals surface area contributed by atoms with Crippen molar-refractivity contribution in [2.45, 2.75) is 32.1 Å². The number of hydrogen-bond donors (Lipinski definition) is 1. The number of nitrogens with one attached hydrogen (secondary N) is 1. The van der Waals surface area contributed by atoms with Crippen LogP contribution in [-0.4, -0.2) is 28.6 Å². The molecule has 0 fully saturated rings. The molecule has 0 radical (unpaired) electrons. The minimum atomic E-state index is -0.327. The van der Waals surface area contributed by atoms with E-state index in [-0.39, 0.29) is 24.2 Å². The molecule has 1 N–H and O–H groups in total. The quantitative estimate of drug-likeness (QED) is 0.693. The van der Waals surface area contributed by atoms with Gasteiger partial charge in [0.1, 0.15) is 11.6 Å². The number of carbonyl (C=O) groups is 2. The Morgan fingerprint density at radius 1 is 1.38 bits per heavy atom. The number of para-hydroxylation sites is 1. The number of carbonyl (C=O) groups excluding carboxylic acids is 2. The van der Waals surface area contributed by atoms with E-state index in [0.717, 1.165) is 22.4 Å². The number of benzene rings is 1. The lowest BCUT2D eigenvalue weighted by Gasteiger charge is -2.07. The molecule has 134 valence electrons. The Balaban J connectivity index is 1.46. The van der Waals surface area contributed by atoms with Gasteiger partial charge in [0, 0.05) is 10.3 Å². The van der Waals surface area contributed by atoms with Gasteiger partial charge in [-0.2, -0.15) is 0 Å². The second-order valence-corrected chi connectivity index (χ2v) is 7.10. The molecule has 0 aliphatic heterocycles. The number of esters is 1. The summed E-state index contributed by atoms with van der Waals surface area (Å²) in [5.74, 6) is -0.793. The Kier molecular flexibility index (Phi) is 4.42. The molecule has 2 heterocycles. The van der Waals surface area contributed by atoms with Gasteiger partial charge in [-0.05, 0) is 31.9 Å². The Bertz CT molecular complexity index is 978. The molecule has 1 aromatic carbocycles. The second-order valence-electron chi connectivity index (χ2n) is 6.02. The van der Waals surface area contributed by atoms with E-state index in [1.165, 1.54) is 11.3 Å². The Morgan fingerprint density at radius 3 is 3.08 bits per heavy atom. The molecule has 26 heavy (non-hydrogen) atoms. The monoisotopic (exact) mass is 371 g/mol. The number of aromatic nitrogens is 2. The van der Waals surface area contributed by atoms with Gasteiger partial charge in [0.05, 0.1) is 18.7 Å². The second kappa shape index (κ2) is 6.87. The summed E-state index contributed by atoms with van der Waals surface area (Å²) in [4.78, 5) is 29.8. The van der Waals surface area contributed by atoms with E-state index in [1.54, 1.807) is 6.92 Å². The van der Waals surface area contributed by atoms with Crippen molar-refractivity contribution >= 4 is 39.3 Å². The molecule has 3 aromatic rings. The first-order chi connectivity index (χ1) is 12.7. The first-order valence-electron chi connectivity index (χ1n) is 8.45. The van der Waals surface area contributed by atoms with Crippen molar-refractivity contribution in [2.24, 2.45) is 0 Å². The van der Waals surface area contributed by atoms with Crippen molar-refractivity contribution in [3.63, 3.8) is 0 Å². The van der Waals surface area contributed by atoms with Gasteiger partial charge in [0.25, 0.3) is 0 Å². The van der Waals surface area contributed by atoms with Gasteiger partial charge >= 0.3 is 5.97 Å². The summed E-state index contributed by atoms with van der Waals surface area (Å²) < 4.78 is 10.3. The topological polar surface area (TPSA) is 94.3 Å². The van der Waals surface area contributed by atoms with Crippen LogP contribution < -0.4 is 5.32 Å². The first kappa shape index (κ1) is 16.7. The third kappa shape index (κ3) is 3.08. The number of fused-ring (bicyclic) bond motifs is 2. The highest BCUT2D eigenvalue weighted by Gasteiger charge is 2.33. The van der Waals surface area contributed by atoms with E-state index < -0.39 is 0 Å². The van der Waals surface area contributed by atoms with Gasteiger partial charge in [-0.15, -0.1) is 11.3 Å². The number of aryl methyl sites for hydroxylation is 1. The van der Waals surface area contributed by atoms with Gasteiger partial charge in [0.2, 0.25) is 5.91 Å². The van der Waals surface area contributed by atoms with E-state index in [9.17, 15) is 9.59 Å². The molecular weight excluding hydrogens is 354 g/mol.